The van der Waals surface area contributed by atoms with E-state index < -0.39 is 0 Å². The van der Waals surface area contributed by atoms with Crippen LogP contribution in [0.15, 0.2) is 18.2 Å². The molecule has 6 heteroatoms. The first-order valence-electron chi connectivity index (χ1n) is 8.37. The molecule has 1 aromatic carbocycles. The minimum Gasteiger partial charge on any atom is -0.377 e. The van der Waals surface area contributed by atoms with Crippen molar-refractivity contribution in [2.24, 2.45) is 0 Å². The van der Waals surface area contributed by atoms with Crippen molar-refractivity contribution >= 4 is 5.91 Å². The molecule has 128 valence electrons. The molecule has 0 saturated carbocycles. The molecule has 3 rings (SSSR count). The highest BCUT2D eigenvalue weighted by Gasteiger charge is 2.21. The van der Waals surface area contributed by atoms with Gasteiger partial charge in [0.2, 0.25) is 5.91 Å². The maximum absolute atomic E-state index is 11.8. The van der Waals surface area contributed by atoms with Crippen LogP contribution in [0.2, 0.25) is 0 Å². The van der Waals surface area contributed by atoms with Crippen LogP contribution in [0.1, 0.15) is 35.6 Å². The number of hydrogen-bond acceptors (Lipinski definition) is 4. The Morgan fingerprint density at radius 3 is 2.83 bits per heavy atom. The van der Waals surface area contributed by atoms with Gasteiger partial charge in [-0.25, -0.2) is 9.67 Å². The fourth-order valence-corrected chi connectivity index (χ4v) is 3.06. The largest absolute Gasteiger partial charge is 0.377 e. The van der Waals surface area contributed by atoms with Gasteiger partial charge in [-0.15, -0.1) is 5.10 Å². The first-order valence-corrected chi connectivity index (χ1v) is 8.37. The number of aromatic nitrogens is 3. The monoisotopic (exact) mass is 328 g/mol. The fourth-order valence-electron chi connectivity index (χ4n) is 3.06. The van der Waals surface area contributed by atoms with Gasteiger partial charge in [-0.2, -0.15) is 0 Å². The molecule has 1 fully saturated rings. The van der Waals surface area contributed by atoms with Crippen molar-refractivity contribution in [3.63, 3.8) is 0 Å². The predicted molar refractivity (Wildman–Crippen MR) is 91.1 cm³/mol. The van der Waals surface area contributed by atoms with Gasteiger partial charge >= 0.3 is 0 Å². The standard InChI is InChI=1S/C18H24N4O2/c1-13-6-7-14(2)15(11-13)22-17(19-16(20-22)12-24-3)8-10-21-9-4-5-18(21)23/h6-7,11H,4-5,8-10,12H2,1-3H3. The van der Waals surface area contributed by atoms with E-state index in [4.69, 9.17) is 4.74 Å². The van der Waals surface area contributed by atoms with Gasteiger partial charge in [0.1, 0.15) is 12.4 Å². The summed E-state index contributed by atoms with van der Waals surface area (Å²) in [7, 11) is 1.64. The van der Waals surface area contributed by atoms with E-state index in [0.717, 1.165) is 30.0 Å². The summed E-state index contributed by atoms with van der Waals surface area (Å²) in [4.78, 5) is 18.4. The summed E-state index contributed by atoms with van der Waals surface area (Å²) in [5, 5.41) is 4.61. The van der Waals surface area contributed by atoms with E-state index in [9.17, 15) is 4.79 Å². The number of likely N-dealkylation sites (tertiary alicyclic amines) is 1. The highest BCUT2D eigenvalue weighted by Crippen LogP contribution is 2.18. The van der Waals surface area contributed by atoms with Gasteiger partial charge in [0.25, 0.3) is 0 Å². The molecule has 2 aromatic rings. The average molecular weight is 328 g/mol. The number of carbonyl (C=O) groups is 1. The third-order valence-electron chi connectivity index (χ3n) is 4.36. The topological polar surface area (TPSA) is 60.2 Å². The molecular weight excluding hydrogens is 304 g/mol. The van der Waals surface area contributed by atoms with E-state index >= 15 is 0 Å². The van der Waals surface area contributed by atoms with E-state index in [1.54, 1.807) is 7.11 Å². The smallest absolute Gasteiger partial charge is 0.222 e. The molecule has 0 spiro atoms. The van der Waals surface area contributed by atoms with Crippen LogP contribution in [0.25, 0.3) is 5.69 Å². The second kappa shape index (κ2) is 7.13. The minimum atomic E-state index is 0.241. The lowest BCUT2D eigenvalue weighted by Gasteiger charge is -2.15. The molecule has 6 nitrogen and oxygen atoms in total. The summed E-state index contributed by atoms with van der Waals surface area (Å²) in [6.07, 6.45) is 2.31. The SMILES string of the molecule is COCc1nc(CCN2CCCC2=O)n(-c2cc(C)ccc2C)n1. The number of methoxy groups -OCH3 is 1. The van der Waals surface area contributed by atoms with Crippen molar-refractivity contribution in [1.29, 1.82) is 0 Å². The van der Waals surface area contributed by atoms with Crippen LogP contribution in [0.5, 0.6) is 0 Å². The van der Waals surface area contributed by atoms with Gasteiger partial charge in [-0.1, -0.05) is 12.1 Å². The Morgan fingerprint density at radius 2 is 2.12 bits per heavy atom. The van der Waals surface area contributed by atoms with Crippen molar-refractivity contribution in [1.82, 2.24) is 19.7 Å². The van der Waals surface area contributed by atoms with Crippen molar-refractivity contribution < 1.29 is 9.53 Å². The Labute approximate surface area is 142 Å². The third-order valence-corrected chi connectivity index (χ3v) is 4.36. The average Bonchev–Trinajstić information content (AvgIpc) is 3.14. The maximum Gasteiger partial charge on any atom is 0.222 e. The van der Waals surface area contributed by atoms with E-state index in [1.807, 2.05) is 9.58 Å². The Bertz CT molecular complexity index is 739. The molecule has 0 aliphatic carbocycles. The summed E-state index contributed by atoms with van der Waals surface area (Å²) in [6, 6.07) is 6.30. The summed E-state index contributed by atoms with van der Waals surface area (Å²) in [5.74, 6) is 1.78. The normalized spacial score (nSPS) is 14.6. The van der Waals surface area contributed by atoms with Crippen LogP contribution in [0.3, 0.4) is 0 Å². The molecular formula is C18H24N4O2. The highest BCUT2D eigenvalue weighted by molar-refractivity contribution is 5.78. The zero-order valence-corrected chi connectivity index (χ0v) is 14.6. The van der Waals surface area contributed by atoms with Crippen molar-refractivity contribution in [2.45, 2.75) is 39.7 Å². The van der Waals surface area contributed by atoms with Crippen LogP contribution >= 0.6 is 0 Å². The summed E-state index contributed by atoms with van der Waals surface area (Å²) < 4.78 is 7.08. The zero-order chi connectivity index (χ0) is 17.1. The molecule has 0 radical (unpaired) electrons. The number of aryl methyl sites for hydroxylation is 2. The predicted octanol–water partition coefficient (Wildman–Crippen LogP) is 2.20. The second-order valence-corrected chi connectivity index (χ2v) is 6.31. The molecule has 1 aliphatic rings. The summed E-state index contributed by atoms with van der Waals surface area (Å²) in [6.45, 7) is 6.06. The zero-order valence-electron chi connectivity index (χ0n) is 14.6. The second-order valence-electron chi connectivity index (χ2n) is 6.31. The molecule has 1 aliphatic heterocycles. The lowest BCUT2D eigenvalue weighted by atomic mass is 10.1. The summed E-state index contributed by atoms with van der Waals surface area (Å²) in [5.41, 5.74) is 3.36. The molecule has 1 amide bonds. The van der Waals surface area contributed by atoms with Crippen molar-refractivity contribution in [2.75, 3.05) is 20.2 Å². The minimum absolute atomic E-state index is 0.241. The Kier molecular flexibility index (Phi) is 4.94. The quantitative estimate of drug-likeness (QED) is 0.815. The van der Waals surface area contributed by atoms with Crippen LogP contribution in [0.4, 0.5) is 0 Å². The lowest BCUT2D eigenvalue weighted by Crippen LogP contribution is -2.27. The first kappa shape index (κ1) is 16.6. The number of ether oxygens (including phenoxy) is 1. The van der Waals surface area contributed by atoms with Gasteiger partial charge in [0.05, 0.1) is 5.69 Å². The molecule has 0 bridgehead atoms. The number of nitrogens with zero attached hydrogens (tertiary/aromatic N) is 4. The number of hydrogen-bond donors (Lipinski definition) is 0. The molecule has 0 N–H and O–H groups in total. The van der Waals surface area contributed by atoms with Gasteiger partial charge in [-0.3, -0.25) is 4.79 Å². The highest BCUT2D eigenvalue weighted by atomic mass is 16.5. The van der Waals surface area contributed by atoms with Crippen LogP contribution < -0.4 is 0 Å². The van der Waals surface area contributed by atoms with E-state index in [1.165, 1.54) is 5.56 Å². The molecule has 1 aromatic heterocycles. The van der Waals surface area contributed by atoms with E-state index in [0.29, 0.717) is 31.8 Å². The number of benzene rings is 1. The molecule has 2 heterocycles. The number of amides is 1. The van der Waals surface area contributed by atoms with Crippen molar-refractivity contribution in [3.05, 3.63) is 41.0 Å². The number of carbonyl (C=O) groups excluding carboxylic acids is 1. The van der Waals surface area contributed by atoms with Gasteiger partial charge in [-0.05, 0) is 37.5 Å². The first-order chi connectivity index (χ1) is 11.6. The fraction of sp³-hybridized carbons (Fsp3) is 0.500. The number of rotatable bonds is 6. The third kappa shape index (κ3) is 3.48. The Balaban J connectivity index is 1.89. The summed E-state index contributed by atoms with van der Waals surface area (Å²) >= 11 is 0. The van der Waals surface area contributed by atoms with Gasteiger partial charge in [0.15, 0.2) is 5.82 Å². The molecule has 0 unspecified atom stereocenters. The maximum atomic E-state index is 11.8. The Hall–Kier alpha value is -2.21. The molecule has 1 saturated heterocycles. The van der Waals surface area contributed by atoms with Gasteiger partial charge < -0.3 is 9.64 Å². The Morgan fingerprint density at radius 1 is 1.29 bits per heavy atom. The van der Waals surface area contributed by atoms with E-state index in [-0.39, 0.29) is 5.91 Å². The van der Waals surface area contributed by atoms with Crippen molar-refractivity contribution in [3.8, 4) is 5.69 Å². The van der Waals surface area contributed by atoms with E-state index in [2.05, 4.69) is 42.1 Å². The van der Waals surface area contributed by atoms with Crippen LogP contribution in [-0.2, 0) is 22.6 Å². The molecule has 24 heavy (non-hydrogen) atoms. The van der Waals surface area contributed by atoms with Crippen LogP contribution in [0, 0.1) is 13.8 Å². The van der Waals surface area contributed by atoms with Gasteiger partial charge in [0, 0.05) is 33.0 Å². The molecule has 0 atom stereocenters. The lowest BCUT2D eigenvalue weighted by molar-refractivity contribution is -0.127. The van der Waals surface area contributed by atoms with Crippen LogP contribution in [-0.4, -0.2) is 45.8 Å².